The maximum Gasteiger partial charge on any atom is 0.279 e. The van der Waals surface area contributed by atoms with Crippen LogP contribution in [0.3, 0.4) is 0 Å². The third kappa shape index (κ3) is 2.60. The predicted molar refractivity (Wildman–Crippen MR) is 58.4 cm³/mol. The molecule has 0 amide bonds. The van der Waals surface area contributed by atoms with E-state index < -0.39 is 10.2 Å². The van der Waals surface area contributed by atoms with Crippen LogP contribution in [0.25, 0.3) is 0 Å². The highest BCUT2D eigenvalue weighted by molar-refractivity contribution is 9.10. The standard InChI is InChI=1S/C8H11BrN2O3S/c9-8-3-2-7(14-8)6-11-5-1-4-10-15(11,12)13/h2-3,10H,1,4-6H2. The van der Waals surface area contributed by atoms with Crippen molar-refractivity contribution in [3.8, 4) is 0 Å². The summed E-state index contributed by atoms with van der Waals surface area (Å²) in [7, 11) is -3.30. The Kier molecular flexibility index (Phi) is 3.15. The Morgan fingerprint density at radius 1 is 1.53 bits per heavy atom. The van der Waals surface area contributed by atoms with Crippen molar-refractivity contribution in [3.05, 3.63) is 22.6 Å². The molecule has 1 N–H and O–H groups in total. The molecule has 7 heteroatoms. The first-order chi connectivity index (χ1) is 7.08. The van der Waals surface area contributed by atoms with Gasteiger partial charge in [0.05, 0.1) is 6.54 Å². The minimum Gasteiger partial charge on any atom is -0.453 e. The van der Waals surface area contributed by atoms with Crippen LogP contribution in [0.4, 0.5) is 0 Å². The van der Waals surface area contributed by atoms with Gasteiger partial charge in [-0.15, -0.1) is 0 Å². The van der Waals surface area contributed by atoms with Gasteiger partial charge < -0.3 is 4.42 Å². The summed E-state index contributed by atoms with van der Waals surface area (Å²) < 4.78 is 32.8. The van der Waals surface area contributed by atoms with E-state index in [0.717, 1.165) is 6.42 Å². The molecule has 0 unspecified atom stereocenters. The first-order valence-electron chi connectivity index (χ1n) is 4.57. The van der Waals surface area contributed by atoms with Gasteiger partial charge in [-0.1, -0.05) is 0 Å². The molecule has 0 atom stereocenters. The molecule has 5 nitrogen and oxygen atoms in total. The van der Waals surface area contributed by atoms with E-state index in [0.29, 0.717) is 23.5 Å². The largest absolute Gasteiger partial charge is 0.453 e. The number of halogens is 1. The summed E-state index contributed by atoms with van der Waals surface area (Å²) in [4.78, 5) is 0. The molecule has 1 aromatic heterocycles. The molecule has 0 bridgehead atoms. The number of hydrogen-bond acceptors (Lipinski definition) is 3. The van der Waals surface area contributed by atoms with Gasteiger partial charge in [-0.2, -0.15) is 12.7 Å². The molecule has 2 heterocycles. The molecule has 0 aliphatic carbocycles. The Hall–Kier alpha value is -0.370. The smallest absolute Gasteiger partial charge is 0.279 e. The lowest BCUT2D eigenvalue weighted by atomic mass is 10.4. The normalized spacial score (nSPS) is 21.7. The molecule has 1 aromatic rings. The summed E-state index contributed by atoms with van der Waals surface area (Å²) in [6.07, 6.45) is 0.821. The second-order valence-electron chi connectivity index (χ2n) is 3.29. The average molecular weight is 295 g/mol. The lowest BCUT2D eigenvalue weighted by Crippen LogP contribution is -2.46. The van der Waals surface area contributed by atoms with Crippen molar-refractivity contribution in [2.75, 3.05) is 13.1 Å². The molecule has 1 aliphatic heterocycles. The van der Waals surface area contributed by atoms with Crippen LogP contribution >= 0.6 is 15.9 Å². The number of hydrogen-bond donors (Lipinski definition) is 1. The van der Waals surface area contributed by atoms with Gasteiger partial charge >= 0.3 is 0 Å². The fraction of sp³-hybridized carbons (Fsp3) is 0.500. The number of rotatable bonds is 2. The molecule has 84 valence electrons. The summed E-state index contributed by atoms with van der Waals surface area (Å²) in [5.74, 6) is 0.633. The number of nitrogens with zero attached hydrogens (tertiary/aromatic N) is 1. The second-order valence-corrected chi connectivity index (χ2v) is 5.83. The van der Waals surface area contributed by atoms with Gasteiger partial charge in [-0.25, -0.2) is 4.72 Å². The van der Waals surface area contributed by atoms with Crippen LogP contribution in [0.1, 0.15) is 12.2 Å². The lowest BCUT2D eigenvalue weighted by Gasteiger charge is -2.25. The SMILES string of the molecule is O=S1(=O)NCCCN1Cc1ccc(Br)o1. The van der Waals surface area contributed by atoms with Gasteiger partial charge in [-0.3, -0.25) is 0 Å². The van der Waals surface area contributed by atoms with Crippen molar-refractivity contribution in [3.63, 3.8) is 0 Å². The third-order valence-corrected chi connectivity index (χ3v) is 4.16. The molecule has 1 aliphatic rings. The van der Waals surface area contributed by atoms with E-state index in [1.165, 1.54) is 4.31 Å². The summed E-state index contributed by atoms with van der Waals surface area (Å²) in [6.45, 7) is 1.33. The van der Waals surface area contributed by atoms with Gasteiger partial charge in [0.25, 0.3) is 10.2 Å². The zero-order valence-corrected chi connectivity index (χ0v) is 10.3. The van der Waals surface area contributed by atoms with Crippen molar-refractivity contribution in [1.29, 1.82) is 0 Å². The highest BCUT2D eigenvalue weighted by Gasteiger charge is 2.25. The van der Waals surface area contributed by atoms with Crippen LogP contribution in [0.2, 0.25) is 0 Å². The van der Waals surface area contributed by atoms with Gasteiger partial charge in [0, 0.05) is 13.1 Å². The minimum absolute atomic E-state index is 0.279. The van der Waals surface area contributed by atoms with Gasteiger partial charge in [0.1, 0.15) is 5.76 Å². The van der Waals surface area contributed by atoms with E-state index in [4.69, 9.17) is 4.42 Å². The zero-order chi connectivity index (χ0) is 10.9. The minimum atomic E-state index is -3.30. The first-order valence-corrected chi connectivity index (χ1v) is 6.80. The fourth-order valence-electron chi connectivity index (χ4n) is 1.44. The Morgan fingerprint density at radius 2 is 2.33 bits per heavy atom. The van der Waals surface area contributed by atoms with E-state index in [1.54, 1.807) is 12.1 Å². The molecule has 1 saturated heterocycles. The van der Waals surface area contributed by atoms with Crippen LogP contribution in [0.15, 0.2) is 21.2 Å². The quantitative estimate of drug-likeness (QED) is 0.888. The number of nitrogens with one attached hydrogen (secondary N) is 1. The average Bonchev–Trinajstić information content (AvgIpc) is 2.55. The molecular weight excluding hydrogens is 284 g/mol. The molecule has 0 saturated carbocycles. The Balaban J connectivity index is 2.11. The van der Waals surface area contributed by atoms with Crippen molar-refractivity contribution >= 4 is 26.1 Å². The Labute approximate surface area is 96.8 Å². The summed E-state index contributed by atoms with van der Waals surface area (Å²) in [5.41, 5.74) is 0. The van der Waals surface area contributed by atoms with Crippen molar-refractivity contribution in [2.24, 2.45) is 0 Å². The summed E-state index contributed by atoms with van der Waals surface area (Å²) >= 11 is 3.18. The van der Waals surface area contributed by atoms with E-state index in [1.807, 2.05) is 0 Å². The topological polar surface area (TPSA) is 62.6 Å². The van der Waals surface area contributed by atoms with Gasteiger partial charge in [-0.05, 0) is 34.5 Å². The molecule has 0 radical (unpaired) electrons. The predicted octanol–water partition coefficient (Wildman–Crippen LogP) is 1.08. The van der Waals surface area contributed by atoms with Crippen LogP contribution in [-0.2, 0) is 16.8 Å². The Bertz CT molecular complexity index is 442. The van der Waals surface area contributed by atoms with Gasteiger partial charge in [0.15, 0.2) is 4.67 Å². The molecular formula is C8H11BrN2O3S. The lowest BCUT2D eigenvalue weighted by molar-refractivity contribution is 0.335. The molecule has 0 aromatic carbocycles. The number of furan rings is 1. The van der Waals surface area contributed by atoms with E-state index in [2.05, 4.69) is 20.7 Å². The van der Waals surface area contributed by atoms with Crippen molar-refractivity contribution < 1.29 is 12.8 Å². The summed E-state index contributed by atoms with van der Waals surface area (Å²) in [6, 6.07) is 3.51. The van der Waals surface area contributed by atoms with E-state index in [9.17, 15) is 8.42 Å². The molecule has 2 rings (SSSR count). The first kappa shape index (κ1) is 11.1. The molecule has 0 spiro atoms. The van der Waals surface area contributed by atoms with Crippen molar-refractivity contribution in [1.82, 2.24) is 9.03 Å². The van der Waals surface area contributed by atoms with Crippen LogP contribution in [-0.4, -0.2) is 25.8 Å². The monoisotopic (exact) mass is 294 g/mol. The zero-order valence-electron chi connectivity index (χ0n) is 7.94. The van der Waals surface area contributed by atoms with Crippen LogP contribution in [0, 0.1) is 0 Å². The molecule has 15 heavy (non-hydrogen) atoms. The van der Waals surface area contributed by atoms with Gasteiger partial charge in [0.2, 0.25) is 0 Å². The fourth-order valence-corrected chi connectivity index (χ4v) is 3.03. The summed E-state index contributed by atoms with van der Waals surface area (Å²) in [5, 5.41) is 0. The maximum atomic E-state index is 11.6. The van der Waals surface area contributed by atoms with Crippen molar-refractivity contribution in [2.45, 2.75) is 13.0 Å². The van der Waals surface area contributed by atoms with E-state index in [-0.39, 0.29) is 6.54 Å². The molecule has 1 fully saturated rings. The highest BCUT2D eigenvalue weighted by Crippen LogP contribution is 2.17. The third-order valence-electron chi connectivity index (χ3n) is 2.17. The highest BCUT2D eigenvalue weighted by atomic mass is 79.9. The second kappa shape index (κ2) is 4.25. The van der Waals surface area contributed by atoms with Crippen LogP contribution in [0.5, 0.6) is 0 Å². The van der Waals surface area contributed by atoms with E-state index >= 15 is 0 Å². The maximum absolute atomic E-state index is 11.6. The van der Waals surface area contributed by atoms with Crippen LogP contribution < -0.4 is 4.72 Å². The Morgan fingerprint density at radius 3 is 2.93 bits per heavy atom.